The first-order valence-electron chi connectivity index (χ1n) is 11.3. The largest absolute Gasteiger partial charge is 0.377 e. The zero-order valence-corrected chi connectivity index (χ0v) is 17.7. The smallest absolute Gasteiger partial charge is 0.225 e. The van der Waals surface area contributed by atoms with Crippen molar-refractivity contribution in [2.24, 2.45) is 17.3 Å². The van der Waals surface area contributed by atoms with Crippen molar-refractivity contribution in [2.75, 3.05) is 59.0 Å². The van der Waals surface area contributed by atoms with E-state index < -0.39 is 0 Å². The second-order valence-electron chi connectivity index (χ2n) is 10.2. The molecular formula is C22H39N3O2. The van der Waals surface area contributed by atoms with Gasteiger partial charge in [-0.1, -0.05) is 20.8 Å². The van der Waals surface area contributed by atoms with Gasteiger partial charge in [0, 0.05) is 45.2 Å². The van der Waals surface area contributed by atoms with Crippen molar-refractivity contribution in [2.45, 2.75) is 58.4 Å². The Morgan fingerprint density at radius 2 is 1.81 bits per heavy atom. The van der Waals surface area contributed by atoms with Crippen LogP contribution >= 0.6 is 0 Å². The summed E-state index contributed by atoms with van der Waals surface area (Å²) in [6, 6.07) is 0. The Kier molecular flexibility index (Phi) is 5.56. The molecule has 0 atom stereocenters. The molecule has 4 aliphatic rings. The molecule has 4 fully saturated rings. The molecule has 0 N–H and O–H groups in total. The second-order valence-corrected chi connectivity index (χ2v) is 10.2. The van der Waals surface area contributed by atoms with Crippen molar-refractivity contribution in [3.05, 3.63) is 0 Å². The van der Waals surface area contributed by atoms with Crippen molar-refractivity contribution in [1.82, 2.24) is 14.7 Å². The predicted molar refractivity (Wildman–Crippen MR) is 108 cm³/mol. The summed E-state index contributed by atoms with van der Waals surface area (Å²) >= 11 is 0. The highest BCUT2D eigenvalue weighted by molar-refractivity contribution is 5.78. The number of hydrogen-bond acceptors (Lipinski definition) is 4. The van der Waals surface area contributed by atoms with E-state index in [0.717, 1.165) is 32.2 Å². The molecule has 3 heterocycles. The lowest BCUT2D eigenvalue weighted by atomic mass is 9.57. The van der Waals surface area contributed by atoms with Crippen LogP contribution in [0.4, 0.5) is 0 Å². The SMILES string of the molecule is CCCN1CCN(CC2CC3(CCN(C(=O)C(C)C)CC3)C2)CC12COC2. The van der Waals surface area contributed by atoms with Crippen LogP contribution in [0.15, 0.2) is 0 Å². The number of piperidine rings is 1. The Balaban J connectivity index is 1.23. The molecule has 5 nitrogen and oxygen atoms in total. The van der Waals surface area contributed by atoms with E-state index in [1.807, 2.05) is 13.8 Å². The summed E-state index contributed by atoms with van der Waals surface area (Å²) < 4.78 is 5.62. The summed E-state index contributed by atoms with van der Waals surface area (Å²) in [5.74, 6) is 1.36. The summed E-state index contributed by atoms with van der Waals surface area (Å²) in [5.41, 5.74) is 0.873. The van der Waals surface area contributed by atoms with E-state index in [0.29, 0.717) is 16.9 Å². The van der Waals surface area contributed by atoms with Crippen LogP contribution in [0, 0.1) is 17.3 Å². The molecule has 3 aliphatic heterocycles. The lowest BCUT2D eigenvalue weighted by molar-refractivity contribution is -0.173. The first-order chi connectivity index (χ1) is 13.0. The standard InChI is InChI=1S/C22H39N3O2/c1-4-7-25-11-10-23(15-22(25)16-27-17-22)14-19-12-21(13-19)5-8-24(9-6-21)20(26)18(2)3/h18-19H,4-17H2,1-3H3. The minimum absolute atomic E-state index is 0.141. The summed E-state index contributed by atoms with van der Waals surface area (Å²) in [6.07, 6.45) is 6.46. The van der Waals surface area contributed by atoms with Crippen LogP contribution < -0.4 is 0 Å². The zero-order valence-electron chi connectivity index (χ0n) is 17.7. The molecule has 4 rings (SSSR count). The second kappa shape index (κ2) is 7.64. The van der Waals surface area contributed by atoms with Crippen molar-refractivity contribution in [3.63, 3.8) is 0 Å². The molecule has 1 amide bonds. The molecule has 1 aliphatic carbocycles. The Hall–Kier alpha value is -0.650. The number of amides is 1. The summed E-state index contributed by atoms with van der Waals surface area (Å²) in [5, 5.41) is 0. The number of rotatable bonds is 5. The molecule has 0 aromatic heterocycles. The molecule has 1 saturated carbocycles. The van der Waals surface area contributed by atoms with E-state index >= 15 is 0 Å². The average molecular weight is 378 g/mol. The fourth-order valence-electron chi connectivity index (χ4n) is 6.11. The van der Waals surface area contributed by atoms with Gasteiger partial charge in [0.2, 0.25) is 5.91 Å². The van der Waals surface area contributed by atoms with E-state index in [1.165, 1.54) is 64.8 Å². The molecule has 0 radical (unpaired) electrons. The number of likely N-dealkylation sites (tertiary alicyclic amines) is 1. The van der Waals surface area contributed by atoms with Gasteiger partial charge in [-0.3, -0.25) is 14.6 Å². The van der Waals surface area contributed by atoms with Gasteiger partial charge in [0.25, 0.3) is 0 Å². The summed E-state index contributed by atoms with van der Waals surface area (Å²) in [7, 11) is 0. The summed E-state index contributed by atoms with van der Waals surface area (Å²) in [6.45, 7) is 16.3. The van der Waals surface area contributed by atoms with Crippen LogP contribution in [0.1, 0.15) is 52.9 Å². The third kappa shape index (κ3) is 3.79. The fourth-order valence-corrected chi connectivity index (χ4v) is 6.11. The number of nitrogens with zero attached hydrogens (tertiary/aromatic N) is 3. The first kappa shape index (κ1) is 19.7. The number of piperazine rings is 1. The van der Waals surface area contributed by atoms with Crippen molar-refractivity contribution in [3.8, 4) is 0 Å². The van der Waals surface area contributed by atoms with Crippen LogP contribution in [0.3, 0.4) is 0 Å². The number of hydrogen-bond donors (Lipinski definition) is 0. The zero-order chi connectivity index (χ0) is 19.1. The van der Waals surface area contributed by atoms with Gasteiger partial charge in [-0.05, 0) is 50.0 Å². The molecule has 0 aromatic carbocycles. The topological polar surface area (TPSA) is 36.0 Å². The van der Waals surface area contributed by atoms with Gasteiger partial charge in [-0.15, -0.1) is 0 Å². The fraction of sp³-hybridized carbons (Fsp3) is 0.955. The summed E-state index contributed by atoms with van der Waals surface area (Å²) in [4.78, 5) is 19.7. The van der Waals surface area contributed by atoms with E-state index in [2.05, 4.69) is 21.6 Å². The maximum absolute atomic E-state index is 12.2. The first-order valence-corrected chi connectivity index (χ1v) is 11.3. The van der Waals surface area contributed by atoms with Crippen LogP contribution in [-0.2, 0) is 9.53 Å². The highest BCUT2D eigenvalue weighted by atomic mass is 16.5. The van der Waals surface area contributed by atoms with E-state index in [4.69, 9.17) is 4.74 Å². The van der Waals surface area contributed by atoms with Crippen LogP contribution in [0.25, 0.3) is 0 Å². The monoisotopic (exact) mass is 377 g/mol. The maximum atomic E-state index is 12.2. The highest BCUT2D eigenvalue weighted by Crippen LogP contribution is 2.53. The number of ether oxygens (including phenoxy) is 1. The van der Waals surface area contributed by atoms with Gasteiger partial charge in [0.1, 0.15) is 0 Å². The van der Waals surface area contributed by atoms with Gasteiger partial charge >= 0.3 is 0 Å². The van der Waals surface area contributed by atoms with Crippen molar-refractivity contribution in [1.29, 1.82) is 0 Å². The molecule has 0 aromatic rings. The van der Waals surface area contributed by atoms with Crippen molar-refractivity contribution < 1.29 is 9.53 Å². The highest BCUT2D eigenvalue weighted by Gasteiger charge is 2.50. The quantitative estimate of drug-likeness (QED) is 0.737. The minimum Gasteiger partial charge on any atom is -0.377 e. The molecule has 0 unspecified atom stereocenters. The van der Waals surface area contributed by atoms with Crippen LogP contribution in [0.2, 0.25) is 0 Å². The third-order valence-electron chi connectivity index (χ3n) is 7.70. The lowest BCUT2D eigenvalue weighted by Gasteiger charge is -2.57. The molecule has 5 heteroatoms. The van der Waals surface area contributed by atoms with E-state index in [1.54, 1.807) is 0 Å². The molecule has 3 saturated heterocycles. The Morgan fingerprint density at radius 3 is 2.37 bits per heavy atom. The molecule has 154 valence electrons. The molecular weight excluding hydrogens is 338 g/mol. The number of carbonyl (C=O) groups excluding carboxylic acids is 1. The predicted octanol–water partition coefficient (Wildman–Crippen LogP) is 2.46. The number of carbonyl (C=O) groups is 1. The van der Waals surface area contributed by atoms with E-state index in [9.17, 15) is 4.79 Å². The van der Waals surface area contributed by atoms with E-state index in [-0.39, 0.29) is 5.92 Å². The molecule has 2 spiro atoms. The van der Waals surface area contributed by atoms with Gasteiger partial charge in [-0.2, -0.15) is 0 Å². The Bertz CT molecular complexity index is 530. The van der Waals surface area contributed by atoms with Gasteiger partial charge < -0.3 is 9.64 Å². The van der Waals surface area contributed by atoms with Gasteiger partial charge in [-0.25, -0.2) is 0 Å². The van der Waals surface area contributed by atoms with Gasteiger partial charge in [0.05, 0.1) is 18.8 Å². The Morgan fingerprint density at radius 1 is 1.11 bits per heavy atom. The normalized spacial score (nSPS) is 28.5. The maximum Gasteiger partial charge on any atom is 0.225 e. The van der Waals surface area contributed by atoms with Gasteiger partial charge in [0.15, 0.2) is 0 Å². The van der Waals surface area contributed by atoms with Crippen molar-refractivity contribution >= 4 is 5.91 Å². The van der Waals surface area contributed by atoms with Crippen LogP contribution in [0.5, 0.6) is 0 Å². The molecule has 0 bridgehead atoms. The molecule has 27 heavy (non-hydrogen) atoms. The third-order valence-corrected chi connectivity index (χ3v) is 7.70. The Labute approximate surface area is 165 Å². The average Bonchev–Trinajstić information content (AvgIpc) is 2.60. The minimum atomic E-state index is 0.141. The lowest BCUT2D eigenvalue weighted by Crippen LogP contribution is -2.71. The van der Waals surface area contributed by atoms with Crippen LogP contribution in [-0.4, -0.2) is 85.2 Å².